The molecule has 0 spiro atoms. The molecule has 202 valence electrons. The van der Waals surface area contributed by atoms with Gasteiger partial charge < -0.3 is 4.40 Å². The minimum atomic E-state index is 0.335. The van der Waals surface area contributed by atoms with Gasteiger partial charge in [0.2, 0.25) is 5.52 Å². The number of aromatic nitrogens is 2. The highest BCUT2D eigenvalue weighted by Gasteiger charge is 2.52. The standard InChI is InChI=1S/C39H37N2/c1-21-8-7-10-28-22(2)33-36(23(3)32(21)28)41-31-11-6-5-9-29(31)35-30(17-27-12-13-40(4)37(33)34(27)38(35)41)39-18-24-14-25(19-39)16-26(15-24)20-39/h5-13,17,24-26H,14-16,18-20H2,1-4H3/q+1. The summed E-state index contributed by atoms with van der Waals surface area (Å²) in [5, 5.41) is 10.1. The Labute approximate surface area is 240 Å². The first-order chi connectivity index (χ1) is 19.9. The van der Waals surface area contributed by atoms with Crippen molar-refractivity contribution in [1.82, 2.24) is 4.40 Å². The molecule has 0 N–H and O–H groups in total. The van der Waals surface area contributed by atoms with Crippen LogP contribution in [0.15, 0.2) is 60.8 Å². The molecule has 4 aromatic carbocycles. The lowest BCUT2D eigenvalue weighted by atomic mass is 9.47. The number of rotatable bonds is 1. The first kappa shape index (κ1) is 23.0. The van der Waals surface area contributed by atoms with Crippen LogP contribution < -0.4 is 4.57 Å². The topological polar surface area (TPSA) is 8.29 Å². The molecule has 2 heteroatoms. The van der Waals surface area contributed by atoms with Crippen LogP contribution in [0.3, 0.4) is 0 Å². The second-order valence-electron chi connectivity index (χ2n) is 14.4. The maximum Gasteiger partial charge on any atom is 0.224 e. The zero-order valence-corrected chi connectivity index (χ0v) is 24.6. The van der Waals surface area contributed by atoms with Gasteiger partial charge >= 0.3 is 0 Å². The van der Waals surface area contributed by atoms with Gasteiger partial charge in [-0.25, -0.2) is 4.57 Å². The SMILES string of the molecule is Cc1cccc2c(C)c3c(c(C)c12)n1c2ccccc2c2c(C45CC6CC(CC(C6)C4)C5)cc4cc[n+](C)c3c4c21. The maximum atomic E-state index is 2.70. The fourth-order valence-corrected chi connectivity index (χ4v) is 11.1. The van der Waals surface area contributed by atoms with Crippen LogP contribution in [0.25, 0.3) is 59.8 Å². The Bertz CT molecular complexity index is 2240. The second-order valence-corrected chi connectivity index (χ2v) is 14.4. The number of hydrogen-bond donors (Lipinski definition) is 0. The minimum Gasteiger partial charge on any atom is -0.307 e. The minimum absolute atomic E-state index is 0.335. The van der Waals surface area contributed by atoms with Gasteiger partial charge in [0, 0.05) is 16.8 Å². The lowest BCUT2D eigenvalue weighted by molar-refractivity contribution is -0.643. The molecule has 3 aromatic heterocycles. The third-order valence-corrected chi connectivity index (χ3v) is 12.1. The van der Waals surface area contributed by atoms with Crippen molar-refractivity contribution in [2.75, 3.05) is 0 Å². The molecule has 0 aliphatic heterocycles. The van der Waals surface area contributed by atoms with E-state index >= 15 is 0 Å². The average molecular weight is 534 g/mol. The maximum absolute atomic E-state index is 2.70. The molecule has 0 radical (unpaired) electrons. The number of nitrogens with zero attached hydrogens (tertiary/aromatic N) is 2. The molecule has 11 rings (SSSR count). The highest BCUT2D eigenvalue weighted by atomic mass is 15.0. The fraction of sp³-hybridized carbons (Fsp3) is 0.359. The molecule has 4 bridgehead atoms. The summed E-state index contributed by atoms with van der Waals surface area (Å²) in [5.74, 6) is 2.78. The van der Waals surface area contributed by atoms with Gasteiger partial charge in [-0.3, -0.25) is 0 Å². The van der Waals surface area contributed by atoms with Crippen molar-refractivity contribution in [3.63, 3.8) is 0 Å². The zero-order chi connectivity index (χ0) is 27.4. The first-order valence-electron chi connectivity index (χ1n) is 15.9. The number of para-hydroxylation sites is 1. The molecular formula is C39H37N2+. The molecule has 4 saturated carbocycles. The monoisotopic (exact) mass is 533 g/mol. The van der Waals surface area contributed by atoms with E-state index in [1.54, 1.807) is 10.9 Å². The molecule has 0 unspecified atom stereocenters. The molecule has 41 heavy (non-hydrogen) atoms. The van der Waals surface area contributed by atoms with E-state index in [9.17, 15) is 0 Å². The number of benzene rings is 4. The molecule has 7 aromatic rings. The number of fused-ring (bicyclic) bond motifs is 7. The van der Waals surface area contributed by atoms with E-state index in [-0.39, 0.29) is 0 Å². The van der Waals surface area contributed by atoms with E-state index in [1.807, 2.05) is 0 Å². The third-order valence-electron chi connectivity index (χ3n) is 12.1. The number of aryl methyl sites for hydroxylation is 4. The Morgan fingerprint density at radius 3 is 2.17 bits per heavy atom. The molecule has 4 fully saturated rings. The summed E-state index contributed by atoms with van der Waals surface area (Å²) < 4.78 is 5.10. The van der Waals surface area contributed by atoms with Crippen molar-refractivity contribution in [3.8, 4) is 0 Å². The lowest BCUT2D eigenvalue weighted by Gasteiger charge is -2.57. The molecule has 0 atom stereocenters. The second kappa shape index (κ2) is 7.40. The van der Waals surface area contributed by atoms with Crippen molar-refractivity contribution >= 4 is 59.8 Å². The summed E-state index contributed by atoms with van der Waals surface area (Å²) in [6, 6.07) is 21.3. The smallest absolute Gasteiger partial charge is 0.224 e. The van der Waals surface area contributed by atoms with E-state index in [1.165, 1.54) is 110 Å². The van der Waals surface area contributed by atoms with Crippen LogP contribution in [0.1, 0.15) is 60.8 Å². The zero-order valence-electron chi connectivity index (χ0n) is 24.6. The van der Waals surface area contributed by atoms with Crippen LogP contribution in [-0.2, 0) is 12.5 Å². The van der Waals surface area contributed by atoms with Gasteiger partial charge in [0.25, 0.3) is 0 Å². The molecule has 4 aliphatic carbocycles. The number of pyridine rings is 2. The summed E-state index contributed by atoms with van der Waals surface area (Å²) in [7, 11) is 2.25. The van der Waals surface area contributed by atoms with Gasteiger partial charge in [-0.15, -0.1) is 0 Å². The molecule has 0 saturated heterocycles. The van der Waals surface area contributed by atoms with Crippen LogP contribution in [0.5, 0.6) is 0 Å². The van der Waals surface area contributed by atoms with Crippen molar-refractivity contribution in [3.05, 3.63) is 83.0 Å². The van der Waals surface area contributed by atoms with Gasteiger partial charge in [0.1, 0.15) is 7.05 Å². The quantitative estimate of drug-likeness (QED) is 0.113. The van der Waals surface area contributed by atoms with Crippen molar-refractivity contribution in [1.29, 1.82) is 0 Å². The van der Waals surface area contributed by atoms with Crippen LogP contribution >= 0.6 is 0 Å². The van der Waals surface area contributed by atoms with E-state index in [4.69, 9.17) is 0 Å². The van der Waals surface area contributed by atoms with Crippen molar-refractivity contribution in [2.45, 2.75) is 64.7 Å². The Balaban J connectivity index is 1.51. The predicted octanol–water partition coefficient (Wildman–Crippen LogP) is 9.36. The van der Waals surface area contributed by atoms with Crippen molar-refractivity contribution < 1.29 is 4.57 Å². The Morgan fingerprint density at radius 1 is 0.707 bits per heavy atom. The highest BCUT2D eigenvalue weighted by molar-refractivity contribution is 6.30. The molecule has 0 amide bonds. The summed E-state index contributed by atoms with van der Waals surface area (Å²) in [4.78, 5) is 0. The van der Waals surface area contributed by atoms with Gasteiger partial charge in [0.15, 0.2) is 6.20 Å². The van der Waals surface area contributed by atoms with Crippen LogP contribution in [0.4, 0.5) is 0 Å². The number of hydrogen-bond acceptors (Lipinski definition) is 0. The average Bonchev–Trinajstić information content (AvgIpc) is 3.30. The summed E-state index contributed by atoms with van der Waals surface area (Å²) in [5.41, 5.74) is 11.8. The normalized spacial score (nSPS) is 25.8. The van der Waals surface area contributed by atoms with E-state index < -0.39 is 0 Å². The van der Waals surface area contributed by atoms with Crippen LogP contribution in [0.2, 0.25) is 0 Å². The van der Waals surface area contributed by atoms with Crippen LogP contribution in [0, 0.1) is 38.5 Å². The van der Waals surface area contributed by atoms with E-state index in [0.29, 0.717) is 5.41 Å². The van der Waals surface area contributed by atoms with Gasteiger partial charge in [-0.2, -0.15) is 0 Å². The van der Waals surface area contributed by atoms with Gasteiger partial charge in [0.05, 0.1) is 27.3 Å². The highest BCUT2D eigenvalue weighted by Crippen LogP contribution is 2.62. The predicted molar refractivity (Wildman–Crippen MR) is 171 cm³/mol. The third kappa shape index (κ3) is 2.64. The van der Waals surface area contributed by atoms with Crippen LogP contribution in [-0.4, -0.2) is 4.40 Å². The van der Waals surface area contributed by atoms with Gasteiger partial charge in [-0.05, 0) is 133 Å². The Kier molecular flexibility index (Phi) is 4.15. The molecular weight excluding hydrogens is 496 g/mol. The Morgan fingerprint density at radius 2 is 1.41 bits per heavy atom. The van der Waals surface area contributed by atoms with E-state index in [2.05, 4.69) is 97.6 Å². The van der Waals surface area contributed by atoms with E-state index in [0.717, 1.165) is 17.8 Å². The summed E-state index contributed by atoms with van der Waals surface area (Å²) in [6.45, 7) is 7.02. The fourth-order valence-electron chi connectivity index (χ4n) is 11.1. The van der Waals surface area contributed by atoms with Crippen molar-refractivity contribution in [2.24, 2.45) is 24.8 Å². The first-order valence-corrected chi connectivity index (χ1v) is 15.9. The summed E-state index contributed by atoms with van der Waals surface area (Å²) in [6.07, 6.45) is 11.0. The largest absolute Gasteiger partial charge is 0.307 e. The molecule has 4 aliphatic rings. The molecule has 3 heterocycles. The molecule has 2 nitrogen and oxygen atoms in total. The lowest BCUT2D eigenvalue weighted by Crippen LogP contribution is -2.48. The Hall–Kier alpha value is -3.65. The summed E-state index contributed by atoms with van der Waals surface area (Å²) >= 11 is 0. The van der Waals surface area contributed by atoms with Gasteiger partial charge in [-0.1, -0.05) is 36.4 Å².